The molecule has 91 valence electrons. The molecule has 2 aromatic rings. The van der Waals surface area contributed by atoms with Crippen LogP contribution in [-0.4, -0.2) is 7.11 Å². The van der Waals surface area contributed by atoms with Gasteiger partial charge >= 0.3 is 111 Å². The smallest absolute Gasteiger partial charge is 1.00 e. The van der Waals surface area contributed by atoms with Gasteiger partial charge in [-0.25, -0.2) is 0 Å². The third kappa shape index (κ3) is 2.27. The summed E-state index contributed by atoms with van der Waals surface area (Å²) in [6.45, 7) is 0. The number of ether oxygens (including phenoxy) is 1. The molecule has 1 nitrogen and oxygen atoms in total. The molecule has 0 saturated carbocycles. The average Bonchev–Trinajstić information content (AvgIpc) is 2.64. The molecule has 0 heterocycles. The van der Waals surface area contributed by atoms with Crippen molar-refractivity contribution in [1.29, 1.82) is 0 Å². The first-order valence-electron chi connectivity index (χ1n) is 5.30. The molecule has 0 N–H and O–H groups in total. The summed E-state index contributed by atoms with van der Waals surface area (Å²) >= 11 is 1.52. The molecule has 0 spiro atoms. The van der Waals surface area contributed by atoms with Crippen molar-refractivity contribution in [1.82, 2.24) is 0 Å². The van der Waals surface area contributed by atoms with Gasteiger partial charge in [0.05, 0.1) is 0 Å². The Hall–Kier alpha value is -0.297. The van der Waals surface area contributed by atoms with Crippen molar-refractivity contribution >= 4 is 0 Å². The second-order valence-corrected chi connectivity index (χ2v) is 5.36. The molecule has 1 unspecified atom stereocenters. The molecule has 2 aromatic carbocycles. The molecule has 0 aromatic heterocycles. The molecule has 0 saturated heterocycles. The van der Waals surface area contributed by atoms with Gasteiger partial charge in [0.15, 0.2) is 0 Å². The Kier molecular flexibility index (Phi) is 5.46. The Morgan fingerprint density at radius 3 is 2.33 bits per heavy atom. The summed E-state index contributed by atoms with van der Waals surface area (Å²) in [6.07, 6.45) is 0. The van der Waals surface area contributed by atoms with Crippen molar-refractivity contribution in [2.24, 2.45) is 0 Å². The second-order valence-electron chi connectivity index (χ2n) is 3.94. The number of halogens is 2. The zero-order valence-corrected chi connectivity index (χ0v) is 13.8. The molecule has 0 radical (unpaired) electrons. The van der Waals surface area contributed by atoms with Crippen molar-refractivity contribution in [3.8, 4) is 16.9 Å². The third-order valence-electron chi connectivity index (χ3n) is 3.14. The van der Waals surface area contributed by atoms with Crippen LogP contribution in [0.2, 0.25) is 0 Å². The largest absolute Gasteiger partial charge is 1.00 e. The van der Waals surface area contributed by atoms with Gasteiger partial charge in [-0.1, -0.05) is 0 Å². The molecule has 1 atom stereocenters. The van der Waals surface area contributed by atoms with Crippen molar-refractivity contribution in [3.05, 3.63) is 53.6 Å². The summed E-state index contributed by atoms with van der Waals surface area (Å²) in [5, 5.41) is 0. The maximum atomic E-state index is 5.47. The number of fused-ring (bicyclic) bond motifs is 3. The average molecular weight is 357 g/mol. The van der Waals surface area contributed by atoms with Crippen LogP contribution in [0.1, 0.15) is 14.8 Å². The van der Waals surface area contributed by atoms with Crippen LogP contribution in [0.3, 0.4) is 0 Å². The van der Waals surface area contributed by atoms with E-state index in [-0.39, 0.29) is 24.8 Å². The van der Waals surface area contributed by atoms with E-state index in [0.717, 1.165) is 5.75 Å². The fourth-order valence-electron chi connectivity index (χ4n) is 2.40. The minimum absolute atomic E-state index is 0. The Morgan fingerprint density at radius 2 is 1.61 bits per heavy atom. The molecular formula is C14H11Cl2OZr. The maximum Gasteiger partial charge on any atom is -1.00 e. The minimum atomic E-state index is 0. The van der Waals surface area contributed by atoms with E-state index in [9.17, 15) is 0 Å². The fourth-order valence-corrected chi connectivity index (χ4v) is 3.75. The molecule has 4 heteroatoms. The van der Waals surface area contributed by atoms with Crippen molar-refractivity contribution in [3.63, 3.8) is 0 Å². The number of benzene rings is 2. The maximum absolute atomic E-state index is 5.47. The van der Waals surface area contributed by atoms with Gasteiger partial charge in [-0.3, -0.25) is 0 Å². The Morgan fingerprint density at radius 1 is 0.944 bits per heavy atom. The van der Waals surface area contributed by atoms with E-state index < -0.39 is 0 Å². The first-order chi connectivity index (χ1) is 7.83. The van der Waals surface area contributed by atoms with E-state index in [4.69, 9.17) is 4.74 Å². The number of rotatable bonds is 1. The number of hydrogen-bond acceptors (Lipinski definition) is 1. The van der Waals surface area contributed by atoms with Crippen molar-refractivity contribution < 1.29 is 54.3 Å². The van der Waals surface area contributed by atoms with Gasteiger partial charge in [-0.2, -0.15) is 0 Å². The molecule has 0 amide bonds. The molecule has 0 fully saturated rings. The van der Waals surface area contributed by atoms with Crippen LogP contribution < -0.4 is 29.6 Å². The van der Waals surface area contributed by atoms with Crippen LogP contribution in [0.5, 0.6) is 5.75 Å². The van der Waals surface area contributed by atoms with Crippen LogP contribution >= 0.6 is 0 Å². The molecule has 3 rings (SSSR count). The molecule has 18 heavy (non-hydrogen) atoms. The van der Waals surface area contributed by atoms with Crippen LogP contribution in [0.15, 0.2) is 42.5 Å². The monoisotopic (exact) mass is 355 g/mol. The number of methoxy groups -OCH3 is 1. The van der Waals surface area contributed by atoms with E-state index in [0.29, 0.717) is 3.63 Å². The Labute approximate surface area is 135 Å². The zero-order chi connectivity index (χ0) is 11.1. The first-order valence-corrected chi connectivity index (χ1v) is 6.72. The van der Waals surface area contributed by atoms with Crippen LogP contribution in [0.25, 0.3) is 11.1 Å². The normalized spacial score (nSPS) is 14.9. The van der Waals surface area contributed by atoms with Gasteiger partial charge in [0.1, 0.15) is 0 Å². The van der Waals surface area contributed by atoms with Gasteiger partial charge in [0.25, 0.3) is 0 Å². The molecular weight excluding hydrogens is 346 g/mol. The van der Waals surface area contributed by atoms with Gasteiger partial charge < -0.3 is 24.8 Å². The Balaban J connectivity index is 0.000000810. The van der Waals surface area contributed by atoms with E-state index in [1.165, 1.54) is 47.0 Å². The van der Waals surface area contributed by atoms with Gasteiger partial charge in [-0.05, 0) is 0 Å². The predicted molar refractivity (Wildman–Crippen MR) is 60.3 cm³/mol. The summed E-state index contributed by atoms with van der Waals surface area (Å²) in [5.74, 6) is 1.02. The third-order valence-corrected chi connectivity index (χ3v) is 4.61. The minimum Gasteiger partial charge on any atom is -1.00 e. The topological polar surface area (TPSA) is 9.23 Å². The molecule has 0 aliphatic heterocycles. The molecule has 1 aliphatic rings. The van der Waals surface area contributed by atoms with Gasteiger partial charge in [0.2, 0.25) is 0 Å². The van der Waals surface area contributed by atoms with E-state index in [2.05, 4.69) is 42.5 Å². The summed E-state index contributed by atoms with van der Waals surface area (Å²) in [5.41, 5.74) is 5.53. The Bertz CT molecular complexity index is 557. The van der Waals surface area contributed by atoms with E-state index >= 15 is 0 Å². The summed E-state index contributed by atoms with van der Waals surface area (Å²) < 4.78 is 6.00. The standard InChI is InChI=1S/C14H11O.2ClH.Zr/c1-15-14-8-4-7-12-11-6-3-2-5-10(11)9-13(12)14;;;/h2-9H,1H3;2*1H;/q;;;+2/p-2. The van der Waals surface area contributed by atoms with Crippen molar-refractivity contribution in [2.75, 3.05) is 7.11 Å². The summed E-state index contributed by atoms with van der Waals surface area (Å²) in [7, 11) is 1.75. The van der Waals surface area contributed by atoms with E-state index in [1.807, 2.05) is 0 Å². The number of hydrogen-bond donors (Lipinski definition) is 0. The summed E-state index contributed by atoms with van der Waals surface area (Å²) in [6, 6.07) is 15.0. The SMILES string of the molecule is COc1cccc2c1[CH]([Zr+2])c1ccccc1-2.[Cl-].[Cl-]. The first kappa shape index (κ1) is 15.8. The van der Waals surface area contributed by atoms with Gasteiger partial charge in [-0.15, -0.1) is 0 Å². The van der Waals surface area contributed by atoms with Crippen LogP contribution in [-0.2, 0) is 24.7 Å². The summed E-state index contributed by atoms with van der Waals surface area (Å²) in [4.78, 5) is 0. The van der Waals surface area contributed by atoms with Crippen LogP contribution in [0, 0.1) is 0 Å². The van der Waals surface area contributed by atoms with Gasteiger partial charge in [0, 0.05) is 0 Å². The molecule has 1 aliphatic carbocycles. The fraction of sp³-hybridized carbons (Fsp3) is 0.143. The van der Waals surface area contributed by atoms with Crippen molar-refractivity contribution in [2.45, 2.75) is 3.63 Å². The zero-order valence-electron chi connectivity index (χ0n) is 9.78. The predicted octanol–water partition coefficient (Wildman–Crippen LogP) is -2.68. The van der Waals surface area contributed by atoms with Crippen LogP contribution in [0.4, 0.5) is 0 Å². The second kappa shape index (κ2) is 6.23. The van der Waals surface area contributed by atoms with E-state index in [1.54, 1.807) is 7.11 Å². The quantitative estimate of drug-likeness (QED) is 0.541. The molecule has 0 bridgehead atoms.